The summed E-state index contributed by atoms with van der Waals surface area (Å²) in [6.45, 7) is 21.0. The summed E-state index contributed by atoms with van der Waals surface area (Å²) in [5.74, 6) is 0. The standard InChI is InChI=1S/C11H26OSi2/c1-10(2)9-12-11(13(3,4)5)14(6,7)8/h11H,1,9H2,2-8H3. The summed E-state index contributed by atoms with van der Waals surface area (Å²) in [7, 11) is -2.38. The molecule has 0 bridgehead atoms. The molecule has 0 saturated carbocycles. The van der Waals surface area contributed by atoms with E-state index in [0.29, 0.717) is 5.35 Å². The van der Waals surface area contributed by atoms with Crippen molar-refractivity contribution >= 4 is 16.1 Å². The van der Waals surface area contributed by atoms with Crippen LogP contribution in [0.15, 0.2) is 12.2 Å². The third-order valence-corrected chi connectivity index (χ3v) is 10.7. The number of rotatable bonds is 5. The highest BCUT2D eigenvalue weighted by Gasteiger charge is 2.38. The third kappa shape index (κ3) is 5.12. The molecule has 0 aliphatic heterocycles. The van der Waals surface area contributed by atoms with Crippen LogP contribution in [-0.2, 0) is 4.74 Å². The van der Waals surface area contributed by atoms with Crippen LogP contribution in [0.2, 0.25) is 39.3 Å². The first-order valence-electron chi connectivity index (χ1n) is 5.31. The first-order chi connectivity index (χ1) is 6.05. The summed E-state index contributed by atoms with van der Waals surface area (Å²) in [5, 5.41) is 0.534. The highest BCUT2D eigenvalue weighted by molar-refractivity contribution is 6.96. The van der Waals surface area contributed by atoms with Crippen LogP contribution >= 0.6 is 0 Å². The maximum Gasteiger partial charge on any atom is 0.0745 e. The van der Waals surface area contributed by atoms with Gasteiger partial charge >= 0.3 is 0 Å². The lowest BCUT2D eigenvalue weighted by molar-refractivity contribution is 0.164. The second-order valence-electron chi connectivity index (χ2n) is 6.38. The van der Waals surface area contributed by atoms with Crippen molar-refractivity contribution in [2.45, 2.75) is 51.6 Å². The minimum Gasteiger partial charge on any atom is -0.381 e. The summed E-state index contributed by atoms with van der Waals surface area (Å²) in [4.78, 5) is 0. The fraction of sp³-hybridized carbons (Fsp3) is 0.818. The van der Waals surface area contributed by atoms with Gasteiger partial charge in [-0.05, 0) is 6.92 Å². The van der Waals surface area contributed by atoms with Gasteiger partial charge in [0.15, 0.2) is 0 Å². The van der Waals surface area contributed by atoms with Crippen molar-refractivity contribution in [1.29, 1.82) is 0 Å². The van der Waals surface area contributed by atoms with E-state index in [2.05, 4.69) is 45.9 Å². The third-order valence-electron chi connectivity index (χ3n) is 2.07. The molecule has 0 aromatic rings. The molecule has 0 N–H and O–H groups in total. The molecule has 0 aromatic carbocycles. The average Bonchev–Trinajstić information content (AvgIpc) is 1.78. The van der Waals surface area contributed by atoms with Crippen LogP contribution in [0, 0.1) is 0 Å². The lowest BCUT2D eigenvalue weighted by atomic mass is 10.4. The van der Waals surface area contributed by atoms with Crippen molar-refractivity contribution < 1.29 is 4.74 Å². The van der Waals surface area contributed by atoms with Gasteiger partial charge in [-0.1, -0.05) is 51.4 Å². The van der Waals surface area contributed by atoms with Crippen LogP contribution in [0.3, 0.4) is 0 Å². The van der Waals surface area contributed by atoms with Gasteiger partial charge in [0.25, 0.3) is 0 Å². The van der Waals surface area contributed by atoms with Crippen LogP contribution in [0.4, 0.5) is 0 Å². The van der Waals surface area contributed by atoms with E-state index in [1.165, 1.54) is 0 Å². The summed E-state index contributed by atoms with van der Waals surface area (Å²) in [6, 6.07) is 0. The lowest BCUT2D eigenvalue weighted by Crippen LogP contribution is -2.55. The highest BCUT2D eigenvalue weighted by Crippen LogP contribution is 2.22. The smallest absolute Gasteiger partial charge is 0.0745 e. The fourth-order valence-corrected chi connectivity index (χ4v) is 13.6. The summed E-state index contributed by atoms with van der Waals surface area (Å²) < 4.78 is 6.06. The molecule has 3 heteroatoms. The summed E-state index contributed by atoms with van der Waals surface area (Å²) >= 11 is 0. The number of hydrogen-bond donors (Lipinski definition) is 0. The monoisotopic (exact) mass is 230 g/mol. The van der Waals surface area contributed by atoms with Crippen molar-refractivity contribution in [2.24, 2.45) is 0 Å². The van der Waals surface area contributed by atoms with Gasteiger partial charge < -0.3 is 4.74 Å². The molecule has 14 heavy (non-hydrogen) atoms. The minimum atomic E-state index is -1.19. The Bertz CT molecular complexity index is 184. The fourth-order valence-electron chi connectivity index (χ4n) is 2.02. The second kappa shape index (κ2) is 4.77. The quantitative estimate of drug-likeness (QED) is 0.517. The Morgan fingerprint density at radius 1 is 1.07 bits per heavy atom. The first-order valence-corrected chi connectivity index (χ1v) is 12.5. The zero-order valence-electron chi connectivity index (χ0n) is 10.9. The first kappa shape index (κ1) is 14.1. The molecule has 0 fully saturated rings. The number of ether oxygens (including phenoxy) is 1. The van der Waals surface area contributed by atoms with Crippen molar-refractivity contribution in [3.05, 3.63) is 12.2 Å². The van der Waals surface area contributed by atoms with Gasteiger partial charge in [0.05, 0.1) is 22.8 Å². The molecule has 0 amide bonds. The molecule has 0 heterocycles. The van der Waals surface area contributed by atoms with Crippen molar-refractivity contribution in [3.8, 4) is 0 Å². The van der Waals surface area contributed by atoms with Crippen LogP contribution < -0.4 is 0 Å². The van der Waals surface area contributed by atoms with Gasteiger partial charge in [-0.3, -0.25) is 0 Å². The van der Waals surface area contributed by atoms with E-state index >= 15 is 0 Å². The van der Waals surface area contributed by atoms with Gasteiger partial charge in [0.2, 0.25) is 0 Å². The van der Waals surface area contributed by atoms with E-state index < -0.39 is 16.1 Å². The Kier molecular flexibility index (Phi) is 4.82. The summed E-state index contributed by atoms with van der Waals surface area (Å²) in [5.41, 5.74) is 1.13. The normalized spacial score (nSPS) is 13.4. The second-order valence-corrected chi connectivity index (χ2v) is 17.5. The zero-order valence-corrected chi connectivity index (χ0v) is 12.9. The van der Waals surface area contributed by atoms with Crippen LogP contribution in [-0.4, -0.2) is 28.1 Å². The molecular formula is C11H26OSi2. The van der Waals surface area contributed by atoms with E-state index in [9.17, 15) is 0 Å². The van der Waals surface area contributed by atoms with E-state index in [1.54, 1.807) is 0 Å². The van der Waals surface area contributed by atoms with Crippen molar-refractivity contribution in [2.75, 3.05) is 6.61 Å². The van der Waals surface area contributed by atoms with Crippen molar-refractivity contribution in [3.63, 3.8) is 0 Å². The molecule has 0 aliphatic carbocycles. The maximum absolute atomic E-state index is 6.06. The molecule has 1 nitrogen and oxygen atoms in total. The Morgan fingerprint density at radius 2 is 1.43 bits per heavy atom. The molecule has 0 rings (SSSR count). The molecule has 0 aliphatic rings. The van der Waals surface area contributed by atoms with E-state index in [-0.39, 0.29) is 0 Å². The lowest BCUT2D eigenvalue weighted by Gasteiger charge is -2.38. The average molecular weight is 230 g/mol. The van der Waals surface area contributed by atoms with E-state index in [0.717, 1.165) is 12.2 Å². The van der Waals surface area contributed by atoms with Crippen LogP contribution in [0.5, 0.6) is 0 Å². The molecular weight excluding hydrogens is 204 g/mol. The molecule has 0 saturated heterocycles. The van der Waals surface area contributed by atoms with Gasteiger partial charge in [0.1, 0.15) is 0 Å². The molecule has 0 spiro atoms. The predicted octanol–water partition coefficient (Wildman–Crippen LogP) is 3.70. The SMILES string of the molecule is C=C(C)COC([Si](C)(C)C)[Si](C)(C)C. The molecule has 0 radical (unpaired) electrons. The summed E-state index contributed by atoms with van der Waals surface area (Å²) in [6.07, 6.45) is 0. The van der Waals surface area contributed by atoms with Crippen molar-refractivity contribution in [1.82, 2.24) is 0 Å². The largest absolute Gasteiger partial charge is 0.381 e. The Balaban J connectivity index is 4.51. The minimum absolute atomic E-state index is 0.534. The Morgan fingerprint density at radius 3 is 1.64 bits per heavy atom. The van der Waals surface area contributed by atoms with Gasteiger partial charge in [-0.25, -0.2) is 0 Å². The molecule has 0 atom stereocenters. The van der Waals surface area contributed by atoms with E-state index in [1.807, 2.05) is 6.92 Å². The van der Waals surface area contributed by atoms with Gasteiger partial charge in [-0.2, -0.15) is 0 Å². The topological polar surface area (TPSA) is 9.23 Å². The highest BCUT2D eigenvalue weighted by atomic mass is 28.4. The Hall–Kier alpha value is 0.134. The maximum atomic E-state index is 6.06. The van der Waals surface area contributed by atoms with Gasteiger partial charge in [-0.15, -0.1) is 0 Å². The van der Waals surface area contributed by atoms with Gasteiger partial charge in [0, 0.05) is 5.35 Å². The predicted molar refractivity (Wildman–Crippen MR) is 71.2 cm³/mol. The molecule has 0 aromatic heterocycles. The molecule has 84 valence electrons. The van der Waals surface area contributed by atoms with Crippen LogP contribution in [0.25, 0.3) is 0 Å². The van der Waals surface area contributed by atoms with Crippen LogP contribution in [0.1, 0.15) is 6.92 Å². The zero-order chi connectivity index (χ0) is 11.6. The number of hydrogen-bond acceptors (Lipinski definition) is 1. The molecule has 0 unspecified atom stereocenters. The Labute approximate surface area is 91.6 Å². The van der Waals surface area contributed by atoms with E-state index in [4.69, 9.17) is 4.74 Å².